The lowest BCUT2D eigenvalue weighted by molar-refractivity contribution is -0.122. The lowest BCUT2D eigenvalue weighted by Gasteiger charge is -2.24. The topological polar surface area (TPSA) is 70.5 Å². The van der Waals surface area contributed by atoms with Crippen molar-refractivity contribution in [2.45, 2.75) is 31.4 Å². The summed E-state index contributed by atoms with van der Waals surface area (Å²) in [4.78, 5) is 30.1. The highest BCUT2D eigenvalue weighted by Crippen LogP contribution is 2.48. The molecule has 1 aliphatic heterocycles. The minimum absolute atomic E-state index is 0.154. The number of nitrogens with zero attached hydrogens (tertiary/aromatic N) is 4. The second-order valence-corrected chi connectivity index (χ2v) is 12.1. The van der Waals surface area contributed by atoms with E-state index in [0.29, 0.717) is 29.6 Å². The summed E-state index contributed by atoms with van der Waals surface area (Å²) in [5, 5.41) is 8.25. The van der Waals surface area contributed by atoms with E-state index in [9.17, 15) is 14.0 Å². The van der Waals surface area contributed by atoms with E-state index < -0.39 is 0 Å². The van der Waals surface area contributed by atoms with Crippen molar-refractivity contribution in [2.24, 2.45) is 0 Å². The molecule has 0 unspecified atom stereocenters. The normalized spacial score (nSPS) is 15.9. The second kappa shape index (κ2) is 11.5. The third-order valence-corrected chi connectivity index (χ3v) is 7.69. The Kier molecular flexibility index (Phi) is 8.49. The molecular formula is C28H33ClFN5O2S. The third kappa shape index (κ3) is 6.22. The fraction of sp³-hybridized carbons (Fsp3) is 0.393. The van der Waals surface area contributed by atoms with E-state index in [0.717, 1.165) is 16.8 Å². The van der Waals surface area contributed by atoms with Gasteiger partial charge in [-0.05, 0) is 56.1 Å². The first-order chi connectivity index (χ1) is 18.0. The largest absolute Gasteiger partial charge is 0.353 e. The van der Waals surface area contributed by atoms with E-state index in [-0.39, 0.29) is 40.6 Å². The first kappa shape index (κ1) is 28.1. The van der Waals surface area contributed by atoms with Gasteiger partial charge in [-0.15, -0.1) is 11.8 Å². The Morgan fingerprint density at radius 2 is 1.92 bits per heavy atom. The van der Waals surface area contributed by atoms with Crippen LogP contribution in [0.15, 0.2) is 48.5 Å². The van der Waals surface area contributed by atoms with Crippen LogP contribution in [0.2, 0.25) is 5.02 Å². The van der Waals surface area contributed by atoms with E-state index in [2.05, 4.69) is 26.1 Å². The summed E-state index contributed by atoms with van der Waals surface area (Å²) in [5.74, 6) is -0.147. The van der Waals surface area contributed by atoms with Crippen LogP contribution >= 0.6 is 23.4 Å². The molecule has 1 atom stereocenters. The number of thioether (sulfide) groups is 1. The van der Waals surface area contributed by atoms with Gasteiger partial charge in [-0.3, -0.25) is 14.5 Å². The molecule has 0 fully saturated rings. The minimum atomic E-state index is -0.389. The molecule has 7 nitrogen and oxygen atoms in total. The van der Waals surface area contributed by atoms with Crippen LogP contribution in [0.25, 0.3) is 5.69 Å². The summed E-state index contributed by atoms with van der Waals surface area (Å²) >= 11 is 7.86. The molecule has 2 amide bonds. The number of nitrogens with one attached hydrogen (secondary N) is 1. The SMILES string of the molecule is CN(C)CCNC(=O)CN1C(=O)CS[C@@H](c2cccc(Cl)c2)c2c(C(C)(C)C)nn(-c3ccc(F)cc3)c21. The number of fused-ring (bicyclic) bond motifs is 1. The fourth-order valence-electron chi connectivity index (χ4n) is 4.39. The fourth-order valence-corrected chi connectivity index (χ4v) is 5.77. The molecule has 0 spiro atoms. The van der Waals surface area contributed by atoms with E-state index in [4.69, 9.17) is 16.7 Å². The summed E-state index contributed by atoms with van der Waals surface area (Å²) in [5.41, 5.74) is 2.79. The molecule has 0 bridgehead atoms. The first-order valence-corrected chi connectivity index (χ1v) is 13.9. The predicted octanol–water partition coefficient (Wildman–Crippen LogP) is 4.81. The van der Waals surface area contributed by atoms with Crippen LogP contribution < -0.4 is 10.2 Å². The molecule has 1 N–H and O–H groups in total. The van der Waals surface area contributed by atoms with Gasteiger partial charge in [0.25, 0.3) is 0 Å². The van der Waals surface area contributed by atoms with Gasteiger partial charge in [0.05, 0.1) is 22.4 Å². The zero-order chi connectivity index (χ0) is 27.6. The van der Waals surface area contributed by atoms with Gasteiger partial charge in [0.2, 0.25) is 11.8 Å². The van der Waals surface area contributed by atoms with Crippen LogP contribution in [0.1, 0.15) is 42.8 Å². The third-order valence-electron chi connectivity index (χ3n) is 6.20. The highest BCUT2D eigenvalue weighted by molar-refractivity contribution is 8.00. The summed E-state index contributed by atoms with van der Waals surface area (Å²) in [6.07, 6.45) is 0. The van der Waals surface area contributed by atoms with Gasteiger partial charge >= 0.3 is 0 Å². The van der Waals surface area contributed by atoms with Crippen LogP contribution in [0.4, 0.5) is 10.2 Å². The standard InChI is InChI=1S/C28H33ClFN5O2S/c1-28(2,3)26-24-25(18-7-6-8-19(29)15-18)38-17-23(37)34(16-22(36)31-13-14-33(4)5)27(24)35(32-26)21-11-9-20(30)10-12-21/h6-12,15,25H,13-14,16-17H2,1-5H3,(H,31,36)/t25-/m0/s1. The van der Waals surface area contributed by atoms with Gasteiger partial charge in [0.1, 0.15) is 18.2 Å². The number of carbonyl (C=O) groups is 2. The maximum atomic E-state index is 13.8. The molecule has 2 aromatic carbocycles. The number of amides is 2. The number of rotatable bonds is 7. The van der Waals surface area contributed by atoms with Gasteiger partial charge in [-0.1, -0.05) is 44.5 Å². The lowest BCUT2D eigenvalue weighted by atomic mass is 9.87. The van der Waals surface area contributed by atoms with Crippen LogP contribution in [0, 0.1) is 5.82 Å². The molecule has 0 saturated carbocycles. The molecule has 2 heterocycles. The van der Waals surface area contributed by atoms with Crippen LogP contribution in [0.3, 0.4) is 0 Å². The van der Waals surface area contributed by atoms with Gasteiger partial charge in [0.15, 0.2) is 0 Å². The average molecular weight is 558 g/mol. The molecule has 1 aliphatic rings. The number of benzene rings is 2. The summed E-state index contributed by atoms with van der Waals surface area (Å²) in [6.45, 7) is 7.18. The van der Waals surface area contributed by atoms with E-state index in [1.54, 1.807) is 16.8 Å². The van der Waals surface area contributed by atoms with Crippen LogP contribution in [-0.4, -0.2) is 66.0 Å². The monoisotopic (exact) mass is 557 g/mol. The summed E-state index contributed by atoms with van der Waals surface area (Å²) < 4.78 is 15.5. The maximum Gasteiger partial charge on any atom is 0.240 e. The Balaban J connectivity index is 1.92. The number of halogens is 2. The highest BCUT2D eigenvalue weighted by atomic mass is 35.5. The minimum Gasteiger partial charge on any atom is -0.353 e. The Hall–Kier alpha value is -2.88. The van der Waals surface area contributed by atoms with Crippen LogP contribution in [-0.2, 0) is 15.0 Å². The van der Waals surface area contributed by atoms with Crippen molar-refractivity contribution >= 4 is 41.0 Å². The summed E-state index contributed by atoms with van der Waals surface area (Å²) in [6, 6.07) is 13.6. The Morgan fingerprint density at radius 1 is 1.21 bits per heavy atom. The van der Waals surface area contributed by atoms with Gasteiger partial charge < -0.3 is 10.2 Å². The number of anilines is 1. The number of carbonyl (C=O) groups excluding carboxylic acids is 2. The van der Waals surface area contributed by atoms with Crippen molar-refractivity contribution < 1.29 is 14.0 Å². The van der Waals surface area contributed by atoms with Crippen molar-refractivity contribution in [3.8, 4) is 5.69 Å². The van der Waals surface area contributed by atoms with E-state index >= 15 is 0 Å². The molecule has 38 heavy (non-hydrogen) atoms. The maximum absolute atomic E-state index is 13.8. The number of aromatic nitrogens is 2. The van der Waals surface area contributed by atoms with Crippen LogP contribution in [0.5, 0.6) is 0 Å². The smallest absolute Gasteiger partial charge is 0.240 e. The molecular weight excluding hydrogens is 525 g/mol. The van der Waals surface area contributed by atoms with Crippen molar-refractivity contribution in [2.75, 3.05) is 44.4 Å². The number of likely N-dealkylation sites (N-methyl/N-ethyl adjacent to an activating group) is 1. The molecule has 0 radical (unpaired) electrons. The van der Waals surface area contributed by atoms with Gasteiger partial charge in [-0.25, -0.2) is 9.07 Å². The Morgan fingerprint density at radius 3 is 2.55 bits per heavy atom. The zero-order valence-electron chi connectivity index (χ0n) is 22.3. The molecule has 0 aliphatic carbocycles. The molecule has 202 valence electrons. The molecule has 3 aromatic rings. The molecule has 1 aromatic heterocycles. The van der Waals surface area contributed by atoms with E-state index in [1.165, 1.54) is 28.8 Å². The van der Waals surface area contributed by atoms with Gasteiger partial charge in [-0.2, -0.15) is 5.10 Å². The number of hydrogen-bond acceptors (Lipinski definition) is 5. The zero-order valence-corrected chi connectivity index (χ0v) is 23.9. The molecule has 10 heteroatoms. The first-order valence-electron chi connectivity index (χ1n) is 12.4. The van der Waals surface area contributed by atoms with Crippen molar-refractivity contribution in [1.29, 1.82) is 0 Å². The second-order valence-electron chi connectivity index (χ2n) is 10.6. The quantitative estimate of drug-likeness (QED) is 0.451. The Labute approximate surface area is 232 Å². The van der Waals surface area contributed by atoms with Gasteiger partial charge in [0, 0.05) is 29.1 Å². The van der Waals surface area contributed by atoms with Crippen molar-refractivity contribution in [3.05, 3.63) is 76.2 Å². The number of hydrogen-bond donors (Lipinski definition) is 1. The predicted molar refractivity (Wildman–Crippen MR) is 152 cm³/mol. The summed E-state index contributed by atoms with van der Waals surface area (Å²) in [7, 11) is 3.86. The van der Waals surface area contributed by atoms with E-state index in [1.807, 2.05) is 43.3 Å². The van der Waals surface area contributed by atoms with Crippen molar-refractivity contribution in [1.82, 2.24) is 20.0 Å². The molecule has 4 rings (SSSR count). The molecule has 0 saturated heterocycles. The average Bonchev–Trinajstić information content (AvgIpc) is 3.17. The highest BCUT2D eigenvalue weighted by Gasteiger charge is 2.40. The van der Waals surface area contributed by atoms with Crippen molar-refractivity contribution in [3.63, 3.8) is 0 Å². The lowest BCUT2D eigenvalue weighted by Crippen LogP contribution is -2.43. The Bertz CT molecular complexity index is 1320.